The molecular weight excluding hydrogens is 1180 g/mol. The summed E-state index contributed by atoms with van der Waals surface area (Å²) in [5, 5.41) is 1.17. The van der Waals surface area contributed by atoms with Crippen LogP contribution in [0.4, 0.5) is 0 Å². The van der Waals surface area contributed by atoms with Gasteiger partial charge in [0.05, 0.1) is 22.1 Å². The molecule has 10 aromatic rings. The predicted octanol–water partition coefficient (Wildman–Crippen LogP) is 22.8. The maximum absolute atomic E-state index is 5.34. The van der Waals surface area contributed by atoms with Gasteiger partial charge in [0.15, 0.2) is 5.89 Å². The number of aromatic nitrogens is 7. The molecule has 0 aliphatic rings. The van der Waals surface area contributed by atoms with E-state index < -0.39 is 0 Å². The average Bonchev–Trinajstić information content (AvgIpc) is 2.55. The van der Waals surface area contributed by atoms with Gasteiger partial charge >= 0.3 is 0 Å². The molecule has 506 valence electrons. The Bertz CT molecular complexity index is 3100. The first-order valence-electron chi connectivity index (χ1n) is 31.9. The van der Waals surface area contributed by atoms with E-state index in [0.29, 0.717) is 0 Å². The molecule has 0 N–H and O–H groups in total. The van der Waals surface area contributed by atoms with Gasteiger partial charge in [-0.1, -0.05) is 0 Å². The normalized spacial score (nSPS) is 10.3. The summed E-state index contributed by atoms with van der Waals surface area (Å²) in [6.45, 7) is 77.8. The highest BCUT2D eigenvalue weighted by atomic mass is 32.1. The van der Waals surface area contributed by atoms with Crippen LogP contribution in [0.15, 0.2) is 13.3 Å². The Kier molecular flexibility index (Phi) is 33.1. The van der Waals surface area contributed by atoms with Gasteiger partial charge in [0.2, 0.25) is 0 Å². The van der Waals surface area contributed by atoms with Gasteiger partial charge in [-0.25, -0.2) is 15.0 Å². The Morgan fingerprint density at radius 2 is 0.484 bits per heavy atom. The van der Waals surface area contributed by atoms with Crippen molar-refractivity contribution in [2.24, 2.45) is 28.2 Å². The zero-order chi connectivity index (χ0) is 71.0. The zero-order valence-corrected chi connectivity index (χ0v) is 67.5. The van der Waals surface area contributed by atoms with E-state index in [0.717, 1.165) is 51.9 Å². The smallest absolute Gasteiger partial charge is 0.191 e. The van der Waals surface area contributed by atoms with Gasteiger partial charge in [-0.15, -0.1) is 34.0 Å². The zero-order valence-electron chi connectivity index (χ0n) is 65.1. The Labute approximate surface area is 566 Å². The molecule has 0 amide bonds. The molecule has 0 bridgehead atoms. The molecule has 0 unspecified atom stereocenters. The van der Waals surface area contributed by atoms with Gasteiger partial charge in [0.1, 0.15) is 34.6 Å². The minimum absolute atomic E-state index is 0.750. The molecule has 0 fully saturated rings. The maximum Gasteiger partial charge on any atom is 0.191 e. The number of rotatable bonds is 0. The van der Waals surface area contributed by atoms with Crippen molar-refractivity contribution < 1.29 is 13.3 Å². The fourth-order valence-electron chi connectivity index (χ4n) is 9.69. The van der Waals surface area contributed by atoms with Crippen LogP contribution in [-0.2, 0) is 28.2 Å². The molecule has 10 nitrogen and oxygen atoms in total. The van der Waals surface area contributed by atoms with Crippen LogP contribution in [-0.4, -0.2) is 33.2 Å². The third kappa shape index (κ3) is 22.5. The molecule has 10 aromatic heterocycles. The molecule has 0 aliphatic heterocycles. The van der Waals surface area contributed by atoms with E-state index in [1.54, 1.807) is 11.3 Å². The lowest BCUT2D eigenvalue weighted by Gasteiger charge is -1.98. The quantitative estimate of drug-likeness (QED) is 0.150. The lowest BCUT2D eigenvalue weighted by molar-refractivity contribution is 0.493. The van der Waals surface area contributed by atoms with E-state index in [9.17, 15) is 0 Å². The summed E-state index contributed by atoms with van der Waals surface area (Å²) in [6.07, 6.45) is 0. The van der Waals surface area contributed by atoms with Crippen LogP contribution in [0, 0.1) is 256 Å². The second-order valence-electron chi connectivity index (χ2n) is 24.9. The first-order valence-corrected chi connectivity index (χ1v) is 34.3. The number of aryl methyl sites for hydroxylation is 16. The number of hydrogen-bond acceptors (Lipinski definition) is 9. The van der Waals surface area contributed by atoms with Gasteiger partial charge in [-0.05, 0) is 327 Å². The van der Waals surface area contributed by atoms with Gasteiger partial charge in [0, 0.05) is 99.4 Å². The van der Waals surface area contributed by atoms with Gasteiger partial charge in [-0.3, -0.25) is 0 Å². The summed E-state index contributed by atoms with van der Waals surface area (Å²) in [5.41, 5.74) is 32.5. The number of thiazole rings is 1. The largest absolute Gasteiger partial charge is 0.466 e. The molecule has 10 heterocycles. The summed E-state index contributed by atoms with van der Waals surface area (Å²) in [5.74, 6) is 6.94. The molecule has 0 saturated heterocycles. The maximum atomic E-state index is 5.34. The van der Waals surface area contributed by atoms with E-state index in [1.165, 1.54) is 153 Å². The van der Waals surface area contributed by atoms with E-state index in [-0.39, 0.29) is 0 Å². The molecular formula is C78H123N7O3S3. The fourth-order valence-corrected chi connectivity index (χ4v) is 12.6. The van der Waals surface area contributed by atoms with Crippen LogP contribution in [0.2, 0.25) is 0 Å². The third-order valence-electron chi connectivity index (χ3n) is 19.8. The number of thiophene rings is 2. The number of hydrogen-bond donors (Lipinski definition) is 0. The summed E-state index contributed by atoms with van der Waals surface area (Å²) >= 11 is 5.55. The van der Waals surface area contributed by atoms with Crippen LogP contribution in [0.25, 0.3) is 0 Å². The van der Waals surface area contributed by atoms with Crippen molar-refractivity contribution in [2.75, 3.05) is 0 Å². The predicted molar refractivity (Wildman–Crippen MR) is 399 cm³/mol. The standard InChI is InChI=1S/3C9H15N.2C8H12O.2C8H12S.C7H12N2.C6H9NO.C6H9NS/c3*1-6-7(2)9(4)10(5)8(6)3;4*1-5-6(2)8(4)9-7(5)3;1-5-6(2)9(4)7(3)8-5;2*1-4-5(2)8-6(3)7-4/h3*1-5H3;5*1-4H3;2*1-3H3. The molecule has 0 aromatic carbocycles. The lowest BCUT2D eigenvalue weighted by Crippen LogP contribution is -1.92. The Balaban J connectivity index is 0.000000506. The summed E-state index contributed by atoms with van der Waals surface area (Å²) < 4.78 is 24.6. The topological polar surface area (TPSA) is 97.8 Å². The molecule has 0 saturated carbocycles. The Morgan fingerprint density at radius 3 is 0.549 bits per heavy atom. The summed E-state index contributed by atoms with van der Waals surface area (Å²) in [4.78, 5) is 19.7. The van der Waals surface area contributed by atoms with Crippen LogP contribution in [0.5, 0.6) is 0 Å². The van der Waals surface area contributed by atoms with Gasteiger partial charge in [0.25, 0.3) is 0 Å². The monoisotopic (exact) mass is 1300 g/mol. The summed E-state index contributed by atoms with van der Waals surface area (Å²) in [6, 6.07) is 0. The molecule has 10 rings (SSSR count). The highest BCUT2D eigenvalue weighted by Crippen LogP contribution is 2.27. The van der Waals surface area contributed by atoms with Crippen molar-refractivity contribution in [1.82, 2.24) is 33.2 Å². The number of nitrogens with zero attached hydrogens (tertiary/aromatic N) is 7. The van der Waals surface area contributed by atoms with Gasteiger partial charge < -0.3 is 31.5 Å². The molecule has 0 radical (unpaired) electrons. The average molecular weight is 1300 g/mol. The first kappa shape index (κ1) is 82.9. The van der Waals surface area contributed by atoms with Crippen LogP contribution in [0.1, 0.15) is 205 Å². The Morgan fingerprint density at radius 1 is 0.220 bits per heavy atom. The van der Waals surface area contributed by atoms with Crippen molar-refractivity contribution >= 4 is 34.0 Å². The molecule has 0 aliphatic carbocycles. The molecule has 13 heteroatoms. The van der Waals surface area contributed by atoms with Crippen LogP contribution >= 0.6 is 34.0 Å². The van der Waals surface area contributed by atoms with Crippen molar-refractivity contribution in [3.8, 4) is 0 Å². The van der Waals surface area contributed by atoms with Crippen LogP contribution in [0.3, 0.4) is 0 Å². The van der Waals surface area contributed by atoms with E-state index >= 15 is 0 Å². The van der Waals surface area contributed by atoms with Gasteiger partial charge in [-0.2, -0.15) is 0 Å². The minimum Gasteiger partial charge on any atom is -0.466 e. The second kappa shape index (κ2) is 36.3. The summed E-state index contributed by atoms with van der Waals surface area (Å²) in [7, 11) is 8.38. The van der Waals surface area contributed by atoms with E-state index in [2.05, 4.69) is 234 Å². The van der Waals surface area contributed by atoms with Crippen LogP contribution < -0.4 is 0 Å². The second-order valence-corrected chi connectivity index (χ2v) is 29.2. The molecule has 0 spiro atoms. The third-order valence-corrected chi connectivity index (χ3v) is 23.2. The lowest BCUT2D eigenvalue weighted by atomic mass is 10.2. The number of imidazole rings is 1. The highest BCUT2D eigenvalue weighted by Gasteiger charge is 2.11. The SMILES string of the molecule is Cc1c(C)c(C)n(C)c1C.Cc1c(C)c(C)n(C)c1C.Cc1c(C)c(C)n(C)c1C.Cc1nc(C)c(C)o1.Cc1nc(C)c(C)s1.Cc1nc(C)n(C)c1C.Cc1oc(C)c(C)c1C.Cc1oc(C)c(C)c1C.Cc1sc(C)c(C)c1C.Cc1sc(C)c(C)c1C. The van der Waals surface area contributed by atoms with Crippen molar-refractivity contribution in [2.45, 2.75) is 256 Å². The Hall–Kier alpha value is -6.15. The fraction of sp³-hybridized carbons (Fsp3) is 0.526. The first-order chi connectivity index (χ1) is 41.7. The number of oxazole rings is 1. The van der Waals surface area contributed by atoms with Crippen molar-refractivity contribution in [3.05, 3.63) is 205 Å². The number of furan rings is 2. The van der Waals surface area contributed by atoms with Crippen molar-refractivity contribution in [3.63, 3.8) is 0 Å². The van der Waals surface area contributed by atoms with E-state index in [1.807, 2.05) is 106 Å². The highest BCUT2D eigenvalue weighted by molar-refractivity contribution is 7.12. The molecule has 91 heavy (non-hydrogen) atoms. The van der Waals surface area contributed by atoms with Crippen molar-refractivity contribution in [1.29, 1.82) is 0 Å². The minimum atomic E-state index is 0.750. The van der Waals surface area contributed by atoms with E-state index in [4.69, 9.17) is 13.3 Å². The molecule has 0 atom stereocenters.